The third-order valence-electron chi connectivity index (χ3n) is 5.15. The van der Waals surface area contributed by atoms with Gasteiger partial charge in [-0.1, -0.05) is 0 Å². The molecule has 0 aliphatic carbocycles. The van der Waals surface area contributed by atoms with Crippen LogP contribution < -0.4 is 15.8 Å². The second-order valence-corrected chi connectivity index (χ2v) is 7.16. The Balaban J connectivity index is 1.60. The van der Waals surface area contributed by atoms with E-state index in [1.807, 2.05) is 44.4 Å². The Bertz CT molecular complexity index is 1250. The van der Waals surface area contributed by atoms with E-state index in [0.29, 0.717) is 17.0 Å². The van der Waals surface area contributed by atoms with E-state index in [1.54, 1.807) is 15.0 Å². The zero-order valence-corrected chi connectivity index (χ0v) is 15.9. The number of nitrogens with one attached hydrogen (secondary N) is 1. The first-order chi connectivity index (χ1) is 13.6. The molecule has 0 bridgehead atoms. The molecule has 1 aliphatic heterocycles. The summed E-state index contributed by atoms with van der Waals surface area (Å²) in [4.78, 5) is 24.2. The lowest BCUT2D eigenvalue weighted by Crippen LogP contribution is -2.43. The molecule has 1 fully saturated rings. The van der Waals surface area contributed by atoms with Crippen molar-refractivity contribution in [1.82, 2.24) is 29.3 Å². The summed E-state index contributed by atoms with van der Waals surface area (Å²) in [5.41, 5.74) is 5.49. The zero-order valence-electron chi connectivity index (χ0n) is 15.9. The molecule has 8 nitrogen and oxygen atoms in total. The first-order valence-corrected chi connectivity index (χ1v) is 9.42. The van der Waals surface area contributed by atoms with Crippen molar-refractivity contribution in [3.05, 3.63) is 58.4 Å². The highest BCUT2D eigenvalue weighted by Gasteiger charge is 2.14. The van der Waals surface area contributed by atoms with Crippen molar-refractivity contribution in [1.29, 1.82) is 0 Å². The normalized spacial score (nSPS) is 14.9. The van der Waals surface area contributed by atoms with Crippen LogP contribution in [0.1, 0.15) is 11.4 Å². The third-order valence-corrected chi connectivity index (χ3v) is 5.15. The van der Waals surface area contributed by atoms with Crippen LogP contribution in [0.3, 0.4) is 0 Å². The monoisotopic (exact) mass is 375 g/mol. The fourth-order valence-electron chi connectivity index (χ4n) is 3.75. The average molecular weight is 375 g/mol. The fourth-order valence-corrected chi connectivity index (χ4v) is 3.75. The number of hydrogen-bond acceptors (Lipinski definition) is 6. The Labute approximate surface area is 161 Å². The second kappa shape index (κ2) is 6.42. The van der Waals surface area contributed by atoms with Gasteiger partial charge in [-0.25, -0.2) is 9.50 Å². The standard InChI is InChI=1S/C20H21N7O/c1-13-11-27-18(14(2)22-13)9-17(24-27)16-10-20(28)26-12-15(3-4-19(26)23-16)25-7-5-21-6-8-25/h3-4,9-12,21H,5-8H2,1-2H3. The number of fused-ring (bicyclic) bond motifs is 2. The van der Waals surface area contributed by atoms with Gasteiger partial charge < -0.3 is 10.2 Å². The maximum absolute atomic E-state index is 12.8. The molecule has 28 heavy (non-hydrogen) atoms. The highest BCUT2D eigenvalue weighted by atomic mass is 16.1. The van der Waals surface area contributed by atoms with E-state index < -0.39 is 0 Å². The molecule has 4 aromatic heterocycles. The number of piperazine rings is 1. The molecule has 0 aromatic carbocycles. The van der Waals surface area contributed by atoms with Crippen molar-refractivity contribution in [2.24, 2.45) is 0 Å². The average Bonchev–Trinajstić information content (AvgIpc) is 3.13. The smallest absolute Gasteiger partial charge is 0.258 e. The number of rotatable bonds is 2. The van der Waals surface area contributed by atoms with Gasteiger partial charge in [0.2, 0.25) is 0 Å². The van der Waals surface area contributed by atoms with Crippen LogP contribution in [-0.2, 0) is 0 Å². The largest absolute Gasteiger partial charge is 0.368 e. The van der Waals surface area contributed by atoms with Crippen LogP contribution >= 0.6 is 0 Å². The Morgan fingerprint density at radius 1 is 1.00 bits per heavy atom. The number of nitrogens with zero attached hydrogens (tertiary/aromatic N) is 6. The third kappa shape index (κ3) is 2.82. The molecular formula is C20H21N7O. The maximum atomic E-state index is 12.8. The van der Waals surface area contributed by atoms with Gasteiger partial charge in [-0.2, -0.15) is 5.10 Å². The minimum absolute atomic E-state index is 0.111. The second-order valence-electron chi connectivity index (χ2n) is 7.16. The van der Waals surface area contributed by atoms with Gasteiger partial charge in [0.25, 0.3) is 5.56 Å². The molecule has 0 spiro atoms. The van der Waals surface area contributed by atoms with E-state index in [1.165, 1.54) is 0 Å². The van der Waals surface area contributed by atoms with Gasteiger partial charge in [-0.3, -0.25) is 14.2 Å². The molecule has 4 aromatic rings. The summed E-state index contributed by atoms with van der Waals surface area (Å²) in [5.74, 6) is 0. The maximum Gasteiger partial charge on any atom is 0.258 e. The van der Waals surface area contributed by atoms with Crippen LogP contribution in [0.2, 0.25) is 0 Å². The van der Waals surface area contributed by atoms with E-state index >= 15 is 0 Å². The predicted octanol–water partition coefficient (Wildman–Crippen LogP) is 1.43. The lowest BCUT2D eigenvalue weighted by atomic mass is 10.2. The first kappa shape index (κ1) is 16.9. The van der Waals surface area contributed by atoms with Crippen LogP contribution in [0.4, 0.5) is 5.69 Å². The van der Waals surface area contributed by atoms with Gasteiger partial charge in [-0.15, -0.1) is 0 Å². The first-order valence-electron chi connectivity index (χ1n) is 9.42. The summed E-state index contributed by atoms with van der Waals surface area (Å²) >= 11 is 0. The van der Waals surface area contributed by atoms with Crippen LogP contribution in [0.5, 0.6) is 0 Å². The highest BCUT2D eigenvalue weighted by molar-refractivity contribution is 5.66. The van der Waals surface area contributed by atoms with E-state index in [-0.39, 0.29) is 5.56 Å². The van der Waals surface area contributed by atoms with E-state index in [0.717, 1.165) is 48.8 Å². The lowest BCUT2D eigenvalue weighted by molar-refractivity contribution is 0.588. The molecular weight excluding hydrogens is 354 g/mol. The molecule has 5 heterocycles. The number of anilines is 1. The molecule has 1 saturated heterocycles. The minimum atomic E-state index is -0.111. The van der Waals surface area contributed by atoms with Gasteiger partial charge >= 0.3 is 0 Å². The Morgan fingerprint density at radius 2 is 1.82 bits per heavy atom. The van der Waals surface area contributed by atoms with Gasteiger partial charge in [0.1, 0.15) is 11.3 Å². The lowest BCUT2D eigenvalue weighted by Gasteiger charge is -2.29. The fraction of sp³-hybridized carbons (Fsp3) is 0.300. The van der Waals surface area contributed by atoms with Gasteiger partial charge in [0.05, 0.1) is 34.5 Å². The van der Waals surface area contributed by atoms with E-state index in [2.05, 4.69) is 25.3 Å². The molecule has 8 heteroatoms. The summed E-state index contributed by atoms with van der Waals surface area (Å²) in [6.45, 7) is 7.65. The molecule has 0 unspecified atom stereocenters. The van der Waals surface area contributed by atoms with E-state index in [4.69, 9.17) is 0 Å². The summed E-state index contributed by atoms with van der Waals surface area (Å²) in [6.07, 6.45) is 3.75. The van der Waals surface area contributed by atoms with Crippen molar-refractivity contribution in [3.8, 4) is 11.4 Å². The minimum Gasteiger partial charge on any atom is -0.368 e. The molecule has 0 radical (unpaired) electrons. The van der Waals surface area contributed by atoms with Gasteiger partial charge in [-0.05, 0) is 32.0 Å². The summed E-state index contributed by atoms with van der Waals surface area (Å²) in [6, 6.07) is 7.40. The Hall–Kier alpha value is -3.26. The van der Waals surface area contributed by atoms with Crippen LogP contribution in [0, 0.1) is 13.8 Å². The summed E-state index contributed by atoms with van der Waals surface area (Å²) in [7, 11) is 0. The topological polar surface area (TPSA) is 79.8 Å². The molecule has 5 rings (SSSR count). The molecule has 0 amide bonds. The molecule has 142 valence electrons. The van der Waals surface area contributed by atoms with Crippen molar-refractivity contribution >= 4 is 16.9 Å². The summed E-state index contributed by atoms with van der Waals surface area (Å²) in [5, 5.41) is 7.94. The summed E-state index contributed by atoms with van der Waals surface area (Å²) < 4.78 is 3.40. The number of pyridine rings is 1. The van der Waals surface area contributed by atoms with Crippen LogP contribution in [-0.4, -0.2) is 50.2 Å². The predicted molar refractivity (Wildman–Crippen MR) is 108 cm³/mol. The molecule has 0 atom stereocenters. The van der Waals surface area contributed by atoms with Crippen molar-refractivity contribution in [2.75, 3.05) is 31.1 Å². The zero-order chi connectivity index (χ0) is 19.3. The Morgan fingerprint density at radius 3 is 2.64 bits per heavy atom. The van der Waals surface area contributed by atoms with E-state index in [9.17, 15) is 4.79 Å². The van der Waals surface area contributed by atoms with Crippen LogP contribution in [0.25, 0.3) is 22.6 Å². The molecule has 1 N–H and O–H groups in total. The molecule has 0 saturated carbocycles. The van der Waals surface area contributed by atoms with Gasteiger partial charge in [0.15, 0.2) is 0 Å². The van der Waals surface area contributed by atoms with Crippen molar-refractivity contribution in [2.45, 2.75) is 13.8 Å². The van der Waals surface area contributed by atoms with Crippen LogP contribution in [0.15, 0.2) is 41.5 Å². The van der Waals surface area contributed by atoms with Crippen molar-refractivity contribution in [3.63, 3.8) is 0 Å². The number of aryl methyl sites for hydroxylation is 2. The quantitative estimate of drug-likeness (QED) is 0.571. The number of hydrogen-bond donors (Lipinski definition) is 1. The number of aromatic nitrogens is 5. The SMILES string of the molecule is Cc1cn2nc(-c3cc(=O)n4cc(N5CCNCC5)ccc4n3)cc2c(C)n1. The molecule has 1 aliphatic rings. The highest BCUT2D eigenvalue weighted by Crippen LogP contribution is 2.20. The van der Waals surface area contributed by atoms with Gasteiger partial charge in [0, 0.05) is 38.4 Å². The van der Waals surface area contributed by atoms with Crippen molar-refractivity contribution < 1.29 is 0 Å². The Kier molecular flexibility index (Phi) is 3.87.